The number of aryl methyl sites for hydroxylation is 1. The van der Waals surface area contributed by atoms with E-state index in [-0.39, 0.29) is 6.10 Å². The van der Waals surface area contributed by atoms with E-state index >= 15 is 0 Å². The van der Waals surface area contributed by atoms with Gasteiger partial charge in [0.25, 0.3) is 0 Å². The first kappa shape index (κ1) is 15.7. The maximum absolute atomic E-state index is 10.9. The van der Waals surface area contributed by atoms with Crippen molar-refractivity contribution in [3.05, 3.63) is 35.4 Å². The first-order valence-electron chi connectivity index (χ1n) is 7.02. The highest BCUT2D eigenvalue weighted by atomic mass is 16.5. The number of rotatable bonds is 9. The van der Waals surface area contributed by atoms with Crippen LogP contribution in [0.3, 0.4) is 0 Å². The van der Waals surface area contributed by atoms with Crippen LogP contribution in [0.2, 0.25) is 0 Å². The van der Waals surface area contributed by atoms with Crippen LogP contribution in [0.4, 0.5) is 0 Å². The average Bonchev–Trinajstić information content (AvgIpc) is 2.43. The predicted molar refractivity (Wildman–Crippen MR) is 76.7 cm³/mol. The van der Waals surface area contributed by atoms with Gasteiger partial charge < -0.3 is 9.84 Å². The summed E-state index contributed by atoms with van der Waals surface area (Å²) in [4.78, 5) is 10.9. The van der Waals surface area contributed by atoms with Gasteiger partial charge in [0.05, 0.1) is 11.7 Å². The third-order valence-electron chi connectivity index (χ3n) is 3.39. The summed E-state index contributed by atoms with van der Waals surface area (Å²) in [5.41, 5.74) is 1.43. The molecule has 1 atom stereocenters. The average molecular weight is 264 g/mol. The fourth-order valence-electron chi connectivity index (χ4n) is 2.19. The van der Waals surface area contributed by atoms with Crippen LogP contribution in [0, 0.1) is 0 Å². The van der Waals surface area contributed by atoms with Crippen LogP contribution >= 0.6 is 0 Å². The van der Waals surface area contributed by atoms with E-state index in [9.17, 15) is 4.79 Å². The van der Waals surface area contributed by atoms with Crippen molar-refractivity contribution in [2.75, 3.05) is 7.11 Å². The number of carboxylic acids is 1. The van der Waals surface area contributed by atoms with E-state index in [0.717, 1.165) is 24.8 Å². The SMILES string of the molecule is CCCCCC(CCc1cccc(C(=O)O)c1)OC. The number of hydrogen-bond donors (Lipinski definition) is 1. The molecule has 3 heteroatoms. The molecule has 0 aromatic heterocycles. The lowest BCUT2D eigenvalue weighted by Gasteiger charge is -2.15. The lowest BCUT2D eigenvalue weighted by Crippen LogP contribution is -2.11. The number of hydrogen-bond acceptors (Lipinski definition) is 2. The molecule has 0 aliphatic carbocycles. The van der Waals surface area contributed by atoms with E-state index in [1.54, 1.807) is 25.3 Å². The molecule has 1 N–H and O–H groups in total. The van der Waals surface area contributed by atoms with Crippen LogP contribution in [0.25, 0.3) is 0 Å². The topological polar surface area (TPSA) is 46.5 Å². The van der Waals surface area contributed by atoms with Crippen LogP contribution in [-0.4, -0.2) is 24.3 Å². The molecule has 0 aliphatic heterocycles. The Morgan fingerprint density at radius 2 is 2.11 bits per heavy atom. The first-order valence-corrected chi connectivity index (χ1v) is 7.02. The van der Waals surface area contributed by atoms with Gasteiger partial charge in [-0.1, -0.05) is 38.3 Å². The Labute approximate surface area is 115 Å². The van der Waals surface area contributed by atoms with Crippen LogP contribution in [-0.2, 0) is 11.2 Å². The molecular formula is C16H24O3. The highest BCUT2D eigenvalue weighted by molar-refractivity contribution is 5.87. The molecule has 19 heavy (non-hydrogen) atoms. The van der Waals surface area contributed by atoms with E-state index in [2.05, 4.69) is 6.92 Å². The van der Waals surface area contributed by atoms with Crippen LogP contribution in [0.15, 0.2) is 24.3 Å². The van der Waals surface area contributed by atoms with Gasteiger partial charge in [-0.3, -0.25) is 0 Å². The molecule has 1 rings (SSSR count). The second-order valence-corrected chi connectivity index (χ2v) is 4.90. The molecule has 0 radical (unpaired) electrons. The van der Waals surface area contributed by atoms with Gasteiger partial charge >= 0.3 is 5.97 Å². The molecule has 0 spiro atoms. The monoisotopic (exact) mass is 264 g/mol. The standard InChI is InChI=1S/C16H24O3/c1-3-4-5-9-15(19-2)11-10-13-7-6-8-14(12-13)16(17)18/h6-8,12,15H,3-5,9-11H2,1-2H3,(H,17,18). The van der Waals surface area contributed by atoms with Crippen molar-refractivity contribution in [1.29, 1.82) is 0 Å². The molecule has 1 unspecified atom stereocenters. The summed E-state index contributed by atoms with van der Waals surface area (Å²) in [6.45, 7) is 2.19. The maximum atomic E-state index is 10.9. The number of benzene rings is 1. The van der Waals surface area contributed by atoms with Gasteiger partial charge in [0, 0.05) is 7.11 Å². The van der Waals surface area contributed by atoms with Crippen LogP contribution in [0.1, 0.15) is 54.9 Å². The van der Waals surface area contributed by atoms with Crippen molar-refractivity contribution in [3.63, 3.8) is 0 Å². The number of methoxy groups -OCH3 is 1. The fraction of sp³-hybridized carbons (Fsp3) is 0.562. The summed E-state index contributed by atoms with van der Waals surface area (Å²) in [7, 11) is 1.75. The van der Waals surface area contributed by atoms with Gasteiger partial charge in [-0.05, 0) is 37.0 Å². The van der Waals surface area contributed by atoms with E-state index in [4.69, 9.17) is 9.84 Å². The molecule has 3 nitrogen and oxygen atoms in total. The second kappa shape index (κ2) is 8.70. The minimum atomic E-state index is -0.868. The zero-order chi connectivity index (χ0) is 14.1. The predicted octanol–water partition coefficient (Wildman–Crippen LogP) is 3.91. The number of aromatic carboxylic acids is 1. The van der Waals surface area contributed by atoms with Gasteiger partial charge in [0.2, 0.25) is 0 Å². The fourth-order valence-corrected chi connectivity index (χ4v) is 2.19. The Bertz CT molecular complexity index is 387. The third-order valence-corrected chi connectivity index (χ3v) is 3.39. The third kappa shape index (κ3) is 5.88. The normalized spacial score (nSPS) is 12.3. The Balaban J connectivity index is 2.45. The Hall–Kier alpha value is -1.35. The number of unbranched alkanes of at least 4 members (excludes halogenated alkanes) is 2. The summed E-state index contributed by atoms with van der Waals surface area (Å²) in [5.74, 6) is -0.868. The summed E-state index contributed by atoms with van der Waals surface area (Å²) in [6, 6.07) is 7.16. The quantitative estimate of drug-likeness (QED) is 0.688. The Kier molecular flexibility index (Phi) is 7.19. The number of carboxylic acid groups (broad SMARTS) is 1. The van der Waals surface area contributed by atoms with Crippen LogP contribution in [0.5, 0.6) is 0 Å². The smallest absolute Gasteiger partial charge is 0.335 e. The van der Waals surface area contributed by atoms with E-state index in [0.29, 0.717) is 5.56 Å². The lowest BCUT2D eigenvalue weighted by molar-refractivity contribution is 0.0696. The van der Waals surface area contributed by atoms with Crippen LogP contribution < -0.4 is 0 Å². The summed E-state index contributed by atoms with van der Waals surface area (Å²) < 4.78 is 5.48. The molecule has 0 amide bonds. The molecule has 1 aromatic carbocycles. The molecule has 106 valence electrons. The largest absolute Gasteiger partial charge is 0.478 e. The van der Waals surface area contributed by atoms with Crippen molar-refractivity contribution >= 4 is 5.97 Å². The molecule has 0 saturated heterocycles. The summed E-state index contributed by atoms with van der Waals surface area (Å²) >= 11 is 0. The minimum Gasteiger partial charge on any atom is -0.478 e. The van der Waals surface area contributed by atoms with Gasteiger partial charge in [-0.15, -0.1) is 0 Å². The van der Waals surface area contributed by atoms with E-state index < -0.39 is 5.97 Å². The van der Waals surface area contributed by atoms with Crippen molar-refractivity contribution < 1.29 is 14.6 Å². The lowest BCUT2D eigenvalue weighted by atomic mass is 10.0. The zero-order valence-electron chi connectivity index (χ0n) is 11.9. The van der Waals surface area contributed by atoms with Gasteiger partial charge in [-0.2, -0.15) is 0 Å². The summed E-state index contributed by atoms with van der Waals surface area (Å²) in [5, 5.41) is 8.95. The molecule has 0 saturated carbocycles. The van der Waals surface area contributed by atoms with Crippen molar-refractivity contribution in [2.45, 2.75) is 51.6 Å². The Morgan fingerprint density at radius 3 is 2.74 bits per heavy atom. The second-order valence-electron chi connectivity index (χ2n) is 4.90. The Morgan fingerprint density at radius 1 is 1.32 bits per heavy atom. The minimum absolute atomic E-state index is 0.278. The molecule has 0 bridgehead atoms. The maximum Gasteiger partial charge on any atom is 0.335 e. The van der Waals surface area contributed by atoms with Gasteiger partial charge in [-0.25, -0.2) is 4.79 Å². The zero-order valence-corrected chi connectivity index (χ0v) is 11.9. The highest BCUT2D eigenvalue weighted by Crippen LogP contribution is 2.14. The summed E-state index contributed by atoms with van der Waals surface area (Å²) in [6.07, 6.45) is 6.84. The van der Waals surface area contributed by atoms with Crippen molar-refractivity contribution in [1.82, 2.24) is 0 Å². The number of carbonyl (C=O) groups is 1. The number of ether oxygens (including phenoxy) is 1. The van der Waals surface area contributed by atoms with Gasteiger partial charge in [0.15, 0.2) is 0 Å². The first-order chi connectivity index (χ1) is 9.17. The van der Waals surface area contributed by atoms with Crippen molar-refractivity contribution in [2.24, 2.45) is 0 Å². The van der Waals surface area contributed by atoms with E-state index in [1.807, 2.05) is 6.07 Å². The van der Waals surface area contributed by atoms with Crippen molar-refractivity contribution in [3.8, 4) is 0 Å². The molecule has 0 heterocycles. The van der Waals surface area contributed by atoms with Gasteiger partial charge in [0.1, 0.15) is 0 Å². The highest BCUT2D eigenvalue weighted by Gasteiger charge is 2.08. The van der Waals surface area contributed by atoms with E-state index in [1.165, 1.54) is 19.3 Å². The molecule has 0 aliphatic rings. The molecular weight excluding hydrogens is 240 g/mol. The molecule has 0 fully saturated rings. The molecule has 1 aromatic rings.